The molecule has 5 rings (SSSR count). The number of amides is 1. The fraction of sp³-hybridized carbons (Fsp3) is 0.0833. The molecule has 0 spiro atoms. The average Bonchev–Trinajstić information content (AvgIpc) is 3.52. The molecule has 0 radical (unpaired) electrons. The van der Waals surface area contributed by atoms with Crippen LogP contribution in [0.2, 0.25) is 0 Å². The minimum atomic E-state index is -0.172. The van der Waals surface area contributed by atoms with Crippen LogP contribution in [0.15, 0.2) is 84.1 Å². The Hall–Kier alpha value is -4.04. The molecule has 0 fully saturated rings. The number of hydrogen-bond acceptors (Lipinski definition) is 6. The van der Waals surface area contributed by atoms with Crippen LogP contribution in [0.5, 0.6) is 5.75 Å². The number of thiazole rings is 1. The standard InChI is InChI=1S/C24H19N5O2S/c30-24(18-4-3-5-20(10-18)31-13-19-14-32-16-28-19)26-12-17-8-9-23(25-11-17)29-15-27-21-6-1-2-7-22(21)29/h1-11,14-16H,12-13H2,(H,26,30). The van der Waals surface area contributed by atoms with E-state index in [0.717, 1.165) is 28.1 Å². The number of rotatable bonds is 7. The van der Waals surface area contributed by atoms with Crippen LogP contribution in [0.1, 0.15) is 21.6 Å². The Bertz CT molecular complexity index is 1350. The lowest BCUT2D eigenvalue weighted by atomic mass is 10.2. The molecule has 7 nitrogen and oxygen atoms in total. The molecule has 0 bridgehead atoms. The number of carbonyl (C=O) groups is 1. The molecule has 0 aliphatic rings. The van der Waals surface area contributed by atoms with Crippen molar-refractivity contribution >= 4 is 28.3 Å². The van der Waals surface area contributed by atoms with Gasteiger partial charge < -0.3 is 10.1 Å². The zero-order chi connectivity index (χ0) is 21.8. The first-order valence-electron chi connectivity index (χ1n) is 10.0. The second-order valence-corrected chi connectivity index (χ2v) is 7.83. The molecule has 0 saturated heterocycles. The fourth-order valence-corrected chi connectivity index (χ4v) is 3.83. The van der Waals surface area contributed by atoms with Crippen LogP contribution in [0.25, 0.3) is 16.9 Å². The topological polar surface area (TPSA) is 81.9 Å². The largest absolute Gasteiger partial charge is 0.487 e. The van der Waals surface area contributed by atoms with E-state index in [0.29, 0.717) is 24.5 Å². The minimum absolute atomic E-state index is 0.172. The summed E-state index contributed by atoms with van der Waals surface area (Å²) in [4.78, 5) is 25.7. The monoisotopic (exact) mass is 441 g/mol. The molecular formula is C24H19N5O2S. The van der Waals surface area contributed by atoms with Gasteiger partial charge in [-0.05, 0) is 42.0 Å². The maximum absolute atomic E-state index is 12.6. The van der Waals surface area contributed by atoms with Gasteiger partial charge in [0.05, 0.1) is 22.2 Å². The maximum atomic E-state index is 12.6. The molecule has 0 unspecified atom stereocenters. The van der Waals surface area contributed by atoms with E-state index in [1.807, 2.05) is 52.4 Å². The number of nitrogens with one attached hydrogen (secondary N) is 1. The smallest absolute Gasteiger partial charge is 0.251 e. The van der Waals surface area contributed by atoms with E-state index in [4.69, 9.17) is 4.74 Å². The van der Waals surface area contributed by atoms with Crippen LogP contribution < -0.4 is 10.1 Å². The molecule has 32 heavy (non-hydrogen) atoms. The number of pyridine rings is 1. The van der Waals surface area contributed by atoms with Gasteiger partial charge >= 0.3 is 0 Å². The van der Waals surface area contributed by atoms with Gasteiger partial charge in [-0.2, -0.15) is 0 Å². The maximum Gasteiger partial charge on any atom is 0.251 e. The van der Waals surface area contributed by atoms with Gasteiger partial charge in [0.15, 0.2) is 0 Å². The van der Waals surface area contributed by atoms with Crippen molar-refractivity contribution in [2.24, 2.45) is 0 Å². The Balaban J connectivity index is 1.21. The molecule has 8 heteroatoms. The minimum Gasteiger partial charge on any atom is -0.487 e. The molecule has 5 aromatic rings. The summed E-state index contributed by atoms with van der Waals surface area (Å²) < 4.78 is 7.67. The lowest BCUT2D eigenvalue weighted by Crippen LogP contribution is -2.22. The van der Waals surface area contributed by atoms with Gasteiger partial charge in [0, 0.05) is 23.7 Å². The molecule has 0 saturated carbocycles. The van der Waals surface area contributed by atoms with E-state index >= 15 is 0 Å². The highest BCUT2D eigenvalue weighted by atomic mass is 32.1. The van der Waals surface area contributed by atoms with Gasteiger partial charge in [0.25, 0.3) is 5.91 Å². The number of imidazole rings is 1. The van der Waals surface area contributed by atoms with Crippen molar-refractivity contribution in [2.75, 3.05) is 0 Å². The summed E-state index contributed by atoms with van der Waals surface area (Å²) in [6.07, 6.45) is 3.52. The zero-order valence-electron chi connectivity index (χ0n) is 17.0. The molecule has 3 heterocycles. The van der Waals surface area contributed by atoms with Gasteiger partial charge in [0.2, 0.25) is 0 Å². The molecule has 0 atom stereocenters. The van der Waals surface area contributed by atoms with E-state index in [1.165, 1.54) is 11.3 Å². The van der Waals surface area contributed by atoms with Crippen LogP contribution >= 0.6 is 11.3 Å². The summed E-state index contributed by atoms with van der Waals surface area (Å²) in [5.74, 6) is 1.23. The van der Waals surface area contributed by atoms with Crippen molar-refractivity contribution in [3.05, 3.63) is 101 Å². The normalized spacial score (nSPS) is 10.9. The van der Waals surface area contributed by atoms with Crippen LogP contribution in [0, 0.1) is 0 Å². The Morgan fingerprint density at radius 1 is 1.03 bits per heavy atom. The summed E-state index contributed by atoms with van der Waals surface area (Å²) in [7, 11) is 0. The summed E-state index contributed by atoms with van der Waals surface area (Å²) in [6.45, 7) is 0.749. The van der Waals surface area contributed by atoms with Crippen LogP contribution in [-0.2, 0) is 13.2 Å². The molecule has 2 aromatic carbocycles. The number of hydrogen-bond donors (Lipinski definition) is 1. The van der Waals surface area contributed by atoms with Crippen molar-refractivity contribution in [3.8, 4) is 11.6 Å². The molecule has 3 aromatic heterocycles. The second kappa shape index (κ2) is 8.99. The van der Waals surface area contributed by atoms with E-state index < -0.39 is 0 Å². The van der Waals surface area contributed by atoms with Crippen LogP contribution in [-0.4, -0.2) is 25.4 Å². The van der Waals surface area contributed by atoms with E-state index in [9.17, 15) is 4.79 Å². The summed E-state index contributed by atoms with van der Waals surface area (Å²) in [6, 6.07) is 18.9. The fourth-order valence-electron chi connectivity index (χ4n) is 3.28. The van der Waals surface area contributed by atoms with Gasteiger partial charge in [-0.3, -0.25) is 9.36 Å². The van der Waals surface area contributed by atoms with Gasteiger partial charge in [-0.1, -0.05) is 24.3 Å². The molecule has 1 N–H and O–H groups in total. The van der Waals surface area contributed by atoms with E-state index in [2.05, 4.69) is 20.3 Å². The highest BCUT2D eigenvalue weighted by Crippen LogP contribution is 2.17. The number of benzene rings is 2. The predicted octanol–water partition coefficient (Wildman–Crippen LogP) is 4.39. The average molecular weight is 442 g/mol. The summed E-state index contributed by atoms with van der Waals surface area (Å²) >= 11 is 1.52. The van der Waals surface area contributed by atoms with Gasteiger partial charge in [-0.25, -0.2) is 15.0 Å². The predicted molar refractivity (Wildman–Crippen MR) is 123 cm³/mol. The van der Waals surface area contributed by atoms with Crippen molar-refractivity contribution in [1.82, 2.24) is 24.8 Å². The number of carbonyl (C=O) groups excluding carboxylic acids is 1. The first kappa shape index (κ1) is 19.9. The second-order valence-electron chi connectivity index (χ2n) is 7.11. The molecule has 1 amide bonds. The van der Waals surface area contributed by atoms with Crippen molar-refractivity contribution in [3.63, 3.8) is 0 Å². The third-order valence-electron chi connectivity index (χ3n) is 4.93. The summed E-state index contributed by atoms with van der Waals surface area (Å²) in [5, 5.41) is 4.87. The molecule has 158 valence electrons. The Morgan fingerprint density at radius 2 is 1.97 bits per heavy atom. The molecular weight excluding hydrogens is 422 g/mol. The number of aromatic nitrogens is 4. The summed E-state index contributed by atoms with van der Waals surface area (Å²) in [5.41, 5.74) is 5.99. The van der Waals surface area contributed by atoms with Crippen LogP contribution in [0.4, 0.5) is 0 Å². The first-order valence-corrected chi connectivity index (χ1v) is 11.0. The van der Waals surface area contributed by atoms with Gasteiger partial charge in [-0.15, -0.1) is 11.3 Å². The molecule has 0 aliphatic carbocycles. The van der Waals surface area contributed by atoms with E-state index in [-0.39, 0.29) is 5.91 Å². The lowest BCUT2D eigenvalue weighted by Gasteiger charge is -2.09. The highest BCUT2D eigenvalue weighted by molar-refractivity contribution is 7.07. The lowest BCUT2D eigenvalue weighted by molar-refractivity contribution is 0.0950. The Labute approximate surface area is 188 Å². The quantitative estimate of drug-likeness (QED) is 0.405. The third kappa shape index (κ3) is 4.35. The van der Waals surface area contributed by atoms with Crippen molar-refractivity contribution in [1.29, 1.82) is 0 Å². The van der Waals surface area contributed by atoms with Crippen LogP contribution in [0.3, 0.4) is 0 Å². The number of ether oxygens (including phenoxy) is 1. The van der Waals surface area contributed by atoms with Gasteiger partial charge in [0.1, 0.15) is 24.5 Å². The Morgan fingerprint density at radius 3 is 2.81 bits per heavy atom. The van der Waals surface area contributed by atoms with E-state index in [1.54, 1.807) is 36.2 Å². The SMILES string of the molecule is O=C(NCc1ccc(-n2cnc3ccccc32)nc1)c1cccc(OCc2cscn2)c1. The van der Waals surface area contributed by atoms with Crippen molar-refractivity contribution in [2.45, 2.75) is 13.2 Å². The number of fused-ring (bicyclic) bond motifs is 1. The zero-order valence-corrected chi connectivity index (χ0v) is 17.8. The Kier molecular flexibility index (Phi) is 5.59. The highest BCUT2D eigenvalue weighted by Gasteiger charge is 2.09. The molecule has 0 aliphatic heterocycles. The third-order valence-corrected chi connectivity index (χ3v) is 5.56. The number of nitrogens with zero attached hydrogens (tertiary/aromatic N) is 4. The van der Waals surface area contributed by atoms with Crippen molar-refractivity contribution < 1.29 is 9.53 Å². The first-order chi connectivity index (χ1) is 15.8. The number of para-hydroxylation sites is 2.